The Morgan fingerprint density at radius 3 is 2.55 bits per heavy atom. The monoisotopic (exact) mass is 292 g/mol. The molecule has 3 aromatic rings. The summed E-state index contributed by atoms with van der Waals surface area (Å²) in [6, 6.07) is 16.2. The molecular weight excluding hydrogens is 276 g/mol. The zero-order valence-electron chi connectivity index (χ0n) is 12.2. The van der Waals surface area contributed by atoms with E-state index in [9.17, 15) is 5.11 Å². The number of benzene rings is 2. The second-order valence-corrected chi connectivity index (χ2v) is 5.70. The molecule has 0 saturated heterocycles. The summed E-state index contributed by atoms with van der Waals surface area (Å²) in [5.74, 6) is 1.12. The molecule has 0 radical (unpaired) electrons. The Balaban J connectivity index is 1.69. The Bertz CT molecular complexity index is 808. The zero-order chi connectivity index (χ0) is 15.1. The minimum atomic E-state index is -0.367. The van der Waals surface area contributed by atoms with Crippen molar-refractivity contribution in [3.8, 4) is 11.5 Å². The first-order chi connectivity index (χ1) is 10.7. The maximum absolute atomic E-state index is 10.4. The highest BCUT2D eigenvalue weighted by molar-refractivity contribution is 5.55. The van der Waals surface area contributed by atoms with Crippen LogP contribution in [0.25, 0.3) is 11.5 Å². The van der Waals surface area contributed by atoms with Crippen molar-refractivity contribution < 1.29 is 9.52 Å². The number of hydrogen-bond donors (Lipinski definition) is 1. The van der Waals surface area contributed by atoms with Crippen LogP contribution in [0.3, 0.4) is 0 Å². The van der Waals surface area contributed by atoms with Gasteiger partial charge in [0.05, 0.1) is 6.10 Å². The summed E-state index contributed by atoms with van der Waals surface area (Å²) in [4.78, 5) is 0. The largest absolute Gasteiger partial charge is 0.421 e. The lowest BCUT2D eigenvalue weighted by atomic mass is 9.91. The lowest BCUT2D eigenvalue weighted by molar-refractivity contribution is 0.169. The molecule has 0 bridgehead atoms. The van der Waals surface area contributed by atoms with Crippen molar-refractivity contribution in [2.24, 2.45) is 0 Å². The third kappa shape index (κ3) is 2.12. The Labute approximate surface area is 128 Å². The van der Waals surface area contributed by atoms with E-state index in [2.05, 4.69) is 22.3 Å². The molecule has 0 amide bonds. The fourth-order valence-electron chi connectivity index (χ4n) is 3.22. The SMILES string of the molecule is Cc1nnc(-c2ccc([C@H]3c4ccccc4C[C@@H]3O)cc2)o1. The van der Waals surface area contributed by atoms with E-state index in [1.807, 2.05) is 36.4 Å². The van der Waals surface area contributed by atoms with Crippen LogP contribution in [0.2, 0.25) is 0 Å². The number of rotatable bonds is 2. The molecule has 0 aliphatic heterocycles. The van der Waals surface area contributed by atoms with E-state index in [0.717, 1.165) is 11.1 Å². The van der Waals surface area contributed by atoms with E-state index in [-0.39, 0.29) is 12.0 Å². The van der Waals surface area contributed by atoms with Gasteiger partial charge in [-0.05, 0) is 35.2 Å². The minimum Gasteiger partial charge on any atom is -0.421 e. The molecular formula is C18H16N2O2. The van der Waals surface area contributed by atoms with Gasteiger partial charge in [-0.3, -0.25) is 0 Å². The molecule has 4 nitrogen and oxygen atoms in total. The van der Waals surface area contributed by atoms with Crippen molar-refractivity contribution in [2.45, 2.75) is 25.4 Å². The summed E-state index contributed by atoms with van der Waals surface area (Å²) in [7, 11) is 0. The van der Waals surface area contributed by atoms with E-state index in [0.29, 0.717) is 18.2 Å². The molecule has 22 heavy (non-hydrogen) atoms. The highest BCUT2D eigenvalue weighted by Crippen LogP contribution is 2.38. The molecule has 1 heterocycles. The van der Waals surface area contributed by atoms with Crippen molar-refractivity contribution in [1.29, 1.82) is 0 Å². The van der Waals surface area contributed by atoms with Crippen LogP contribution < -0.4 is 0 Å². The molecule has 1 aromatic heterocycles. The fraction of sp³-hybridized carbons (Fsp3) is 0.222. The molecule has 0 unspecified atom stereocenters. The van der Waals surface area contributed by atoms with Crippen molar-refractivity contribution in [3.63, 3.8) is 0 Å². The average molecular weight is 292 g/mol. The molecule has 0 fully saturated rings. The highest BCUT2D eigenvalue weighted by Gasteiger charge is 2.31. The smallest absolute Gasteiger partial charge is 0.247 e. The Morgan fingerprint density at radius 1 is 1.05 bits per heavy atom. The van der Waals surface area contributed by atoms with Gasteiger partial charge in [-0.15, -0.1) is 10.2 Å². The van der Waals surface area contributed by atoms with E-state index >= 15 is 0 Å². The van der Waals surface area contributed by atoms with Crippen molar-refractivity contribution in [3.05, 3.63) is 71.1 Å². The van der Waals surface area contributed by atoms with E-state index in [1.54, 1.807) is 6.92 Å². The van der Waals surface area contributed by atoms with Gasteiger partial charge in [0.2, 0.25) is 11.8 Å². The Morgan fingerprint density at radius 2 is 1.82 bits per heavy atom. The highest BCUT2D eigenvalue weighted by atomic mass is 16.4. The third-order valence-corrected chi connectivity index (χ3v) is 4.25. The first-order valence-corrected chi connectivity index (χ1v) is 7.38. The third-order valence-electron chi connectivity index (χ3n) is 4.25. The van der Waals surface area contributed by atoms with Gasteiger partial charge in [-0.1, -0.05) is 36.4 Å². The van der Waals surface area contributed by atoms with Crippen LogP contribution >= 0.6 is 0 Å². The molecule has 4 rings (SSSR count). The van der Waals surface area contributed by atoms with Crippen LogP contribution in [-0.2, 0) is 6.42 Å². The topological polar surface area (TPSA) is 59.2 Å². The van der Waals surface area contributed by atoms with Gasteiger partial charge >= 0.3 is 0 Å². The lowest BCUT2D eigenvalue weighted by Gasteiger charge is -2.16. The Hall–Kier alpha value is -2.46. The Kier molecular flexibility index (Phi) is 3.05. The molecule has 0 spiro atoms. The van der Waals surface area contributed by atoms with Gasteiger partial charge in [-0.25, -0.2) is 0 Å². The molecule has 1 aliphatic carbocycles. The quantitative estimate of drug-likeness (QED) is 0.788. The maximum atomic E-state index is 10.4. The van der Waals surface area contributed by atoms with Crippen LogP contribution in [-0.4, -0.2) is 21.4 Å². The second-order valence-electron chi connectivity index (χ2n) is 5.70. The van der Waals surface area contributed by atoms with Gasteiger partial charge in [0.1, 0.15) is 0 Å². The second kappa shape index (κ2) is 5.07. The molecule has 2 aromatic carbocycles. The summed E-state index contributed by atoms with van der Waals surface area (Å²) < 4.78 is 5.44. The van der Waals surface area contributed by atoms with Gasteiger partial charge in [-0.2, -0.15) is 0 Å². The molecule has 2 atom stereocenters. The molecule has 1 aliphatic rings. The van der Waals surface area contributed by atoms with Crippen LogP contribution in [0.4, 0.5) is 0 Å². The van der Waals surface area contributed by atoms with Gasteiger partial charge in [0.15, 0.2) is 0 Å². The van der Waals surface area contributed by atoms with E-state index in [4.69, 9.17) is 4.42 Å². The van der Waals surface area contributed by atoms with Crippen LogP contribution in [0.15, 0.2) is 52.9 Å². The predicted molar refractivity (Wildman–Crippen MR) is 82.5 cm³/mol. The summed E-state index contributed by atoms with van der Waals surface area (Å²) in [6.07, 6.45) is 0.347. The molecule has 110 valence electrons. The van der Waals surface area contributed by atoms with Gasteiger partial charge in [0, 0.05) is 18.4 Å². The lowest BCUT2D eigenvalue weighted by Crippen LogP contribution is -2.14. The molecule has 1 N–H and O–H groups in total. The average Bonchev–Trinajstić information content (AvgIpc) is 3.10. The fourth-order valence-corrected chi connectivity index (χ4v) is 3.22. The van der Waals surface area contributed by atoms with Gasteiger partial charge in [0.25, 0.3) is 0 Å². The summed E-state index contributed by atoms with van der Waals surface area (Å²) in [5.41, 5.74) is 4.45. The summed E-state index contributed by atoms with van der Waals surface area (Å²) >= 11 is 0. The number of nitrogens with zero attached hydrogens (tertiary/aromatic N) is 2. The predicted octanol–water partition coefficient (Wildman–Crippen LogP) is 3.09. The first kappa shape index (κ1) is 13.2. The minimum absolute atomic E-state index is 0.0367. The molecule has 0 saturated carbocycles. The summed E-state index contributed by atoms with van der Waals surface area (Å²) in [6.45, 7) is 1.77. The molecule has 4 heteroatoms. The van der Waals surface area contributed by atoms with Crippen molar-refractivity contribution in [2.75, 3.05) is 0 Å². The first-order valence-electron chi connectivity index (χ1n) is 7.38. The maximum Gasteiger partial charge on any atom is 0.247 e. The van der Waals surface area contributed by atoms with Gasteiger partial charge < -0.3 is 9.52 Å². The standard InChI is InChI=1S/C18H16N2O2/c1-11-19-20-18(22-11)13-8-6-12(7-9-13)17-15-5-3-2-4-14(15)10-16(17)21/h2-9,16-17,21H,10H2,1H3/t16-,17-/m0/s1. The summed E-state index contributed by atoms with van der Waals surface area (Å²) in [5, 5.41) is 18.3. The van der Waals surface area contributed by atoms with Crippen molar-refractivity contribution >= 4 is 0 Å². The van der Waals surface area contributed by atoms with Crippen LogP contribution in [0.1, 0.15) is 28.5 Å². The zero-order valence-corrected chi connectivity index (χ0v) is 12.2. The number of aromatic nitrogens is 2. The number of aliphatic hydroxyl groups is 1. The number of aryl methyl sites for hydroxylation is 1. The number of aliphatic hydroxyl groups excluding tert-OH is 1. The van der Waals surface area contributed by atoms with E-state index < -0.39 is 0 Å². The van der Waals surface area contributed by atoms with Crippen molar-refractivity contribution in [1.82, 2.24) is 10.2 Å². The van der Waals surface area contributed by atoms with E-state index in [1.165, 1.54) is 11.1 Å². The normalized spacial score (nSPS) is 20.1. The van der Waals surface area contributed by atoms with Crippen LogP contribution in [0.5, 0.6) is 0 Å². The van der Waals surface area contributed by atoms with Crippen LogP contribution in [0, 0.1) is 6.92 Å². The number of fused-ring (bicyclic) bond motifs is 1. The number of hydrogen-bond acceptors (Lipinski definition) is 4.